The summed E-state index contributed by atoms with van der Waals surface area (Å²) in [6.07, 6.45) is -3.35. The summed E-state index contributed by atoms with van der Waals surface area (Å²) < 4.78 is 68.9. The van der Waals surface area contributed by atoms with Gasteiger partial charge in [0.15, 0.2) is 0 Å². The van der Waals surface area contributed by atoms with Crippen molar-refractivity contribution >= 4 is 15.8 Å². The molecule has 25 heavy (non-hydrogen) atoms. The summed E-state index contributed by atoms with van der Waals surface area (Å²) in [5.74, 6) is -0.0207. The van der Waals surface area contributed by atoms with Crippen molar-refractivity contribution in [1.29, 1.82) is 0 Å². The number of halogens is 3. The van der Waals surface area contributed by atoms with Crippen molar-refractivity contribution in [3.8, 4) is 0 Å². The number of sulfonamides is 1. The number of aliphatic hydroxyl groups is 1. The lowest BCUT2D eigenvalue weighted by Crippen LogP contribution is -2.49. The SMILES string of the molecule is O=S(=O)(CCOCCO)N1CCN(c2cc(C(F)(F)F)ccn2)CC1. The number of pyridine rings is 1. The van der Waals surface area contributed by atoms with E-state index in [-0.39, 0.29) is 57.6 Å². The minimum Gasteiger partial charge on any atom is -0.394 e. The van der Waals surface area contributed by atoms with Crippen LogP contribution >= 0.6 is 0 Å². The van der Waals surface area contributed by atoms with Crippen LogP contribution in [0.15, 0.2) is 18.3 Å². The third-order valence-corrected chi connectivity index (χ3v) is 5.58. The smallest absolute Gasteiger partial charge is 0.394 e. The fraction of sp³-hybridized carbons (Fsp3) is 0.643. The number of aliphatic hydroxyl groups excluding tert-OH is 1. The van der Waals surface area contributed by atoms with Crippen molar-refractivity contribution in [3.63, 3.8) is 0 Å². The molecule has 1 aromatic heterocycles. The van der Waals surface area contributed by atoms with E-state index in [1.807, 2.05) is 0 Å². The van der Waals surface area contributed by atoms with Gasteiger partial charge in [0.1, 0.15) is 5.82 Å². The zero-order chi connectivity index (χ0) is 18.5. The highest BCUT2D eigenvalue weighted by atomic mass is 32.2. The van der Waals surface area contributed by atoms with E-state index in [2.05, 4.69) is 4.98 Å². The molecule has 142 valence electrons. The predicted octanol–water partition coefficient (Wildman–Crippen LogP) is 0.561. The molecule has 1 aliphatic rings. The van der Waals surface area contributed by atoms with E-state index < -0.39 is 21.8 Å². The number of hydrogen-bond donors (Lipinski definition) is 1. The Morgan fingerprint density at radius 3 is 2.48 bits per heavy atom. The fourth-order valence-corrected chi connectivity index (χ4v) is 3.73. The molecule has 1 N–H and O–H groups in total. The first-order valence-corrected chi connectivity index (χ1v) is 9.29. The maximum absolute atomic E-state index is 12.8. The van der Waals surface area contributed by atoms with Crippen LogP contribution in [0.5, 0.6) is 0 Å². The minimum absolute atomic E-state index is 0.0156. The van der Waals surface area contributed by atoms with E-state index in [1.165, 1.54) is 4.31 Å². The second-order valence-electron chi connectivity index (χ2n) is 5.44. The lowest BCUT2D eigenvalue weighted by atomic mass is 10.2. The van der Waals surface area contributed by atoms with Crippen molar-refractivity contribution in [2.45, 2.75) is 6.18 Å². The summed E-state index contributed by atoms with van der Waals surface area (Å²) in [5.41, 5.74) is -0.784. The van der Waals surface area contributed by atoms with Crippen molar-refractivity contribution in [2.24, 2.45) is 0 Å². The van der Waals surface area contributed by atoms with Gasteiger partial charge >= 0.3 is 6.18 Å². The fourth-order valence-electron chi connectivity index (χ4n) is 2.42. The molecule has 0 bridgehead atoms. The van der Waals surface area contributed by atoms with Crippen LogP contribution in [-0.2, 0) is 20.9 Å². The average molecular weight is 383 g/mol. The highest BCUT2D eigenvalue weighted by Crippen LogP contribution is 2.30. The maximum Gasteiger partial charge on any atom is 0.416 e. The van der Waals surface area contributed by atoms with Crippen molar-refractivity contribution < 1.29 is 31.4 Å². The molecule has 2 rings (SSSR count). The first kappa shape index (κ1) is 19.9. The Morgan fingerprint density at radius 1 is 1.20 bits per heavy atom. The first-order chi connectivity index (χ1) is 11.7. The monoisotopic (exact) mass is 383 g/mol. The summed E-state index contributed by atoms with van der Waals surface area (Å²) in [5, 5.41) is 8.58. The summed E-state index contributed by atoms with van der Waals surface area (Å²) in [4.78, 5) is 5.58. The number of piperazine rings is 1. The Bertz CT molecular complexity index is 662. The highest BCUT2D eigenvalue weighted by Gasteiger charge is 2.32. The molecule has 11 heteroatoms. The van der Waals surface area contributed by atoms with E-state index in [4.69, 9.17) is 9.84 Å². The Labute approximate surface area is 144 Å². The molecule has 1 saturated heterocycles. The topological polar surface area (TPSA) is 83.0 Å². The van der Waals surface area contributed by atoms with Gasteiger partial charge in [-0.05, 0) is 12.1 Å². The molecule has 1 aliphatic heterocycles. The van der Waals surface area contributed by atoms with Gasteiger partial charge in [-0.15, -0.1) is 0 Å². The molecule has 0 radical (unpaired) electrons. The molecule has 0 spiro atoms. The second kappa shape index (κ2) is 8.30. The van der Waals surface area contributed by atoms with Gasteiger partial charge in [-0.3, -0.25) is 0 Å². The van der Waals surface area contributed by atoms with Gasteiger partial charge in [0, 0.05) is 32.4 Å². The van der Waals surface area contributed by atoms with E-state index in [0.717, 1.165) is 18.3 Å². The van der Waals surface area contributed by atoms with E-state index in [0.29, 0.717) is 0 Å². The molecule has 1 fully saturated rings. The molecular weight excluding hydrogens is 363 g/mol. The number of rotatable bonds is 7. The number of ether oxygens (including phenoxy) is 1. The molecule has 0 aromatic carbocycles. The maximum atomic E-state index is 12.8. The zero-order valence-corrected chi connectivity index (χ0v) is 14.3. The summed E-state index contributed by atoms with van der Waals surface area (Å²) in [6.45, 7) is 0.724. The van der Waals surface area contributed by atoms with Crippen LogP contribution in [-0.4, -0.2) is 74.6 Å². The first-order valence-electron chi connectivity index (χ1n) is 7.68. The van der Waals surface area contributed by atoms with Crippen LogP contribution in [0.3, 0.4) is 0 Å². The number of hydrogen-bond acceptors (Lipinski definition) is 6. The van der Waals surface area contributed by atoms with Gasteiger partial charge in [0.2, 0.25) is 10.0 Å². The third kappa shape index (κ3) is 5.53. The molecule has 7 nitrogen and oxygen atoms in total. The minimum atomic E-state index is -4.45. The Balaban J connectivity index is 1.93. The largest absolute Gasteiger partial charge is 0.416 e. The van der Waals surface area contributed by atoms with Crippen LogP contribution in [0, 0.1) is 0 Å². The summed E-state index contributed by atoms with van der Waals surface area (Å²) in [7, 11) is -3.50. The lowest BCUT2D eigenvalue weighted by Gasteiger charge is -2.34. The van der Waals surface area contributed by atoms with Crippen molar-refractivity contribution in [2.75, 3.05) is 56.7 Å². The molecular formula is C14H20F3N3O4S. The van der Waals surface area contributed by atoms with Gasteiger partial charge in [0.25, 0.3) is 0 Å². The second-order valence-corrected chi connectivity index (χ2v) is 7.53. The lowest BCUT2D eigenvalue weighted by molar-refractivity contribution is -0.137. The van der Waals surface area contributed by atoms with Gasteiger partial charge in [0.05, 0.1) is 31.1 Å². The number of anilines is 1. The number of alkyl halides is 3. The highest BCUT2D eigenvalue weighted by molar-refractivity contribution is 7.89. The summed E-state index contributed by atoms with van der Waals surface area (Å²) in [6, 6.07) is 1.86. The average Bonchev–Trinajstić information content (AvgIpc) is 2.58. The standard InChI is InChI=1S/C14H20F3N3O4S/c15-14(16,17)12-1-2-18-13(11-12)19-3-5-20(6-4-19)25(22,23)10-9-24-8-7-21/h1-2,11,21H,3-10H2. The third-order valence-electron chi connectivity index (χ3n) is 3.75. The van der Waals surface area contributed by atoms with Crippen molar-refractivity contribution in [1.82, 2.24) is 9.29 Å². The Morgan fingerprint density at radius 2 is 1.88 bits per heavy atom. The Kier molecular flexibility index (Phi) is 6.60. The summed E-state index contributed by atoms with van der Waals surface area (Å²) >= 11 is 0. The predicted molar refractivity (Wildman–Crippen MR) is 84.7 cm³/mol. The van der Waals surface area contributed by atoms with E-state index in [9.17, 15) is 21.6 Å². The molecule has 0 atom stereocenters. The van der Waals surface area contributed by atoms with Crippen molar-refractivity contribution in [3.05, 3.63) is 23.9 Å². The van der Waals surface area contributed by atoms with Crippen LogP contribution < -0.4 is 4.90 Å². The van der Waals surface area contributed by atoms with Crippen LogP contribution in [0.25, 0.3) is 0 Å². The van der Waals surface area contributed by atoms with E-state index in [1.54, 1.807) is 4.90 Å². The molecule has 0 amide bonds. The van der Waals surface area contributed by atoms with Gasteiger partial charge < -0.3 is 14.7 Å². The molecule has 0 saturated carbocycles. The van der Waals surface area contributed by atoms with Crippen LogP contribution in [0.1, 0.15) is 5.56 Å². The quantitative estimate of drug-likeness (QED) is 0.693. The Hall–Kier alpha value is -1.43. The molecule has 0 aliphatic carbocycles. The van der Waals surface area contributed by atoms with Crippen LogP contribution in [0.4, 0.5) is 19.0 Å². The van der Waals surface area contributed by atoms with Gasteiger partial charge in [-0.25, -0.2) is 13.4 Å². The van der Waals surface area contributed by atoms with Gasteiger partial charge in [-0.2, -0.15) is 17.5 Å². The molecule has 0 unspecified atom stereocenters. The molecule has 1 aromatic rings. The number of nitrogens with zero attached hydrogens (tertiary/aromatic N) is 3. The number of aromatic nitrogens is 1. The zero-order valence-electron chi connectivity index (χ0n) is 13.4. The molecule has 2 heterocycles. The normalized spacial score (nSPS) is 17.0. The van der Waals surface area contributed by atoms with Gasteiger partial charge in [-0.1, -0.05) is 0 Å². The van der Waals surface area contributed by atoms with Crippen LogP contribution in [0.2, 0.25) is 0 Å². The van der Waals surface area contributed by atoms with E-state index >= 15 is 0 Å².